The van der Waals surface area contributed by atoms with Crippen LogP contribution in [-0.2, 0) is 22.4 Å². The molecule has 7 nitrogen and oxygen atoms in total. The molecule has 0 N–H and O–H groups in total. The van der Waals surface area contributed by atoms with Crippen molar-refractivity contribution in [3.05, 3.63) is 77.4 Å². The van der Waals surface area contributed by atoms with Crippen molar-refractivity contribution in [3.63, 3.8) is 0 Å². The van der Waals surface area contributed by atoms with E-state index < -0.39 is 27.6 Å². The van der Waals surface area contributed by atoms with Crippen molar-refractivity contribution in [2.75, 3.05) is 6.54 Å². The summed E-state index contributed by atoms with van der Waals surface area (Å²) in [5.74, 6) is -0.521. The van der Waals surface area contributed by atoms with E-state index in [4.69, 9.17) is 9.26 Å². The lowest BCUT2D eigenvalue weighted by Gasteiger charge is -2.21. The minimum absolute atomic E-state index is 0.0344. The number of halogens is 2. The van der Waals surface area contributed by atoms with Crippen LogP contribution in [0.5, 0.6) is 5.75 Å². The average Bonchev–Trinajstić information content (AvgIpc) is 3.39. The Morgan fingerprint density at radius 1 is 1.13 bits per heavy atom. The molecule has 0 saturated carbocycles. The molecule has 1 atom stereocenters. The molecule has 0 spiro atoms. The first-order valence-corrected chi connectivity index (χ1v) is 11.0. The van der Waals surface area contributed by atoms with Gasteiger partial charge < -0.3 is 9.26 Å². The van der Waals surface area contributed by atoms with Crippen LogP contribution >= 0.6 is 0 Å². The zero-order valence-corrected chi connectivity index (χ0v) is 16.7. The Bertz CT molecular complexity index is 1120. The van der Waals surface area contributed by atoms with Crippen LogP contribution in [0.1, 0.15) is 36.2 Å². The van der Waals surface area contributed by atoms with Gasteiger partial charge in [0.05, 0.1) is 11.8 Å². The molecule has 10 heteroatoms. The van der Waals surface area contributed by atoms with Gasteiger partial charge in [-0.1, -0.05) is 23.4 Å². The van der Waals surface area contributed by atoms with Gasteiger partial charge in [0, 0.05) is 12.1 Å². The molecule has 2 heterocycles. The fraction of sp³-hybridized carbons (Fsp3) is 0.300. The van der Waals surface area contributed by atoms with Gasteiger partial charge in [-0.3, -0.25) is 0 Å². The molecule has 30 heavy (non-hydrogen) atoms. The maximum atomic E-state index is 13.9. The van der Waals surface area contributed by atoms with Crippen LogP contribution in [0.4, 0.5) is 8.78 Å². The fourth-order valence-corrected chi connectivity index (χ4v) is 5.15. The molecule has 0 radical (unpaired) electrons. The van der Waals surface area contributed by atoms with E-state index >= 15 is 0 Å². The Hall–Kier alpha value is -2.85. The predicted molar refractivity (Wildman–Crippen MR) is 103 cm³/mol. The summed E-state index contributed by atoms with van der Waals surface area (Å²) in [6.07, 6.45) is 1.17. The van der Waals surface area contributed by atoms with Crippen LogP contribution in [0.15, 0.2) is 53.1 Å². The molecule has 1 unspecified atom stereocenters. The predicted octanol–water partition coefficient (Wildman–Crippen LogP) is 3.59. The van der Waals surface area contributed by atoms with Gasteiger partial charge in [0.2, 0.25) is 10.0 Å². The summed E-state index contributed by atoms with van der Waals surface area (Å²) in [6.45, 7) is 0.269. The average molecular weight is 435 g/mol. The molecule has 0 aliphatic carbocycles. The number of nitrogens with zero attached hydrogens (tertiary/aromatic N) is 3. The van der Waals surface area contributed by atoms with Gasteiger partial charge >= 0.3 is 0 Å². The van der Waals surface area contributed by atoms with Crippen LogP contribution in [0, 0.1) is 11.6 Å². The molecule has 2 aromatic carbocycles. The zero-order chi connectivity index (χ0) is 21.1. The number of sulfonamides is 1. The lowest BCUT2D eigenvalue weighted by Crippen LogP contribution is -2.32. The van der Waals surface area contributed by atoms with Crippen molar-refractivity contribution < 1.29 is 26.5 Å². The molecule has 1 aliphatic heterocycles. The first-order valence-electron chi connectivity index (χ1n) is 9.36. The maximum Gasteiger partial charge on any atom is 0.264 e. The highest BCUT2D eigenvalue weighted by Crippen LogP contribution is 2.34. The summed E-state index contributed by atoms with van der Waals surface area (Å²) in [6, 6.07) is 10.7. The van der Waals surface area contributed by atoms with E-state index in [1.807, 2.05) is 0 Å². The third kappa shape index (κ3) is 4.49. The summed E-state index contributed by atoms with van der Waals surface area (Å²) in [4.78, 5) is 4.26. The van der Waals surface area contributed by atoms with Crippen LogP contribution in [0.25, 0.3) is 0 Å². The molecule has 1 aliphatic rings. The number of rotatable bonds is 7. The van der Waals surface area contributed by atoms with Crippen molar-refractivity contribution in [2.24, 2.45) is 0 Å². The molecule has 3 aromatic rings. The fourth-order valence-electron chi connectivity index (χ4n) is 3.36. The quantitative estimate of drug-likeness (QED) is 0.564. The van der Waals surface area contributed by atoms with Gasteiger partial charge in [-0.25, -0.2) is 17.2 Å². The lowest BCUT2D eigenvalue weighted by molar-refractivity contribution is 0.241. The number of aromatic nitrogens is 2. The van der Waals surface area contributed by atoms with Crippen LogP contribution < -0.4 is 4.74 Å². The summed E-state index contributed by atoms with van der Waals surface area (Å²) < 4.78 is 64.6. The van der Waals surface area contributed by atoms with Gasteiger partial charge in [0.25, 0.3) is 5.89 Å². The van der Waals surface area contributed by atoms with Crippen LogP contribution in [-0.4, -0.2) is 29.4 Å². The second-order valence-corrected chi connectivity index (χ2v) is 8.83. The zero-order valence-electron chi connectivity index (χ0n) is 15.9. The topological polar surface area (TPSA) is 85.5 Å². The van der Waals surface area contributed by atoms with E-state index in [-0.39, 0.29) is 29.7 Å². The number of hydrogen-bond donors (Lipinski definition) is 0. The standard InChI is InChI=1S/C20H19F2N3O4S/c21-15-7-9-16(10-8-15)28-12-19-23-20(24-29-19)18-6-3-11-25(18)30(26,27)13-14-4-1-2-5-17(14)22/h1-2,4-5,7-10,18H,3,6,11-13H2. The normalized spacial score (nSPS) is 17.3. The first-order chi connectivity index (χ1) is 14.4. The van der Waals surface area contributed by atoms with Crippen LogP contribution in [0.2, 0.25) is 0 Å². The summed E-state index contributed by atoms with van der Waals surface area (Å²) in [5, 5.41) is 3.91. The van der Waals surface area contributed by atoms with E-state index in [1.165, 1.54) is 46.8 Å². The van der Waals surface area contributed by atoms with Crippen molar-refractivity contribution in [1.82, 2.24) is 14.4 Å². The van der Waals surface area contributed by atoms with Gasteiger partial charge in [-0.05, 0) is 43.2 Å². The smallest absolute Gasteiger partial charge is 0.264 e. The summed E-state index contributed by atoms with van der Waals surface area (Å²) in [7, 11) is -3.78. The molecule has 0 amide bonds. The van der Waals surface area contributed by atoms with E-state index in [0.29, 0.717) is 25.1 Å². The third-order valence-corrected chi connectivity index (χ3v) is 6.64. The number of benzene rings is 2. The van der Waals surface area contributed by atoms with Gasteiger partial charge in [0.15, 0.2) is 12.4 Å². The highest BCUT2D eigenvalue weighted by molar-refractivity contribution is 7.88. The highest BCUT2D eigenvalue weighted by Gasteiger charge is 2.38. The van der Waals surface area contributed by atoms with E-state index in [9.17, 15) is 17.2 Å². The van der Waals surface area contributed by atoms with Gasteiger partial charge in [-0.2, -0.15) is 9.29 Å². The molecule has 0 bridgehead atoms. The monoisotopic (exact) mass is 435 g/mol. The Balaban J connectivity index is 1.45. The molecular weight excluding hydrogens is 416 g/mol. The molecule has 1 fully saturated rings. The first kappa shape index (κ1) is 20.4. The maximum absolute atomic E-state index is 13.9. The Morgan fingerprint density at radius 2 is 1.90 bits per heavy atom. The van der Waals surface area contributed by atoms with Crippen molar-refractivity contribution >= 4 is 10.0 Å². The van der Waals surface area contributed by atoms with Crippen molar-refractivity contribution in [2.45, 2.75) is 31.2 Å². The summed E-state index contributed by atoms with van der Waals surface area (Å²) >= 11 is 0. The van der Waals surface area contributed by atoms with Crippen LogP contribution in [0.3, 0.4) is 0 Å². The second-order valence-electron chi connectivity index (χ2n) is 6.91. The van der Waals surface area contributed by atoms with E-state index in [0.717, 1.165) is 0 Å². The minimum Gasteiger partial charge on any atom is -0.484 e. The van der Waals surface area contributed by atoms with Gasteiger partial charge in [0.1, 0.15) is 17.4 Å². The van der Waals surface area contributed by atoms with Gasteiger partial charge in [-0.15, -0.1) is 0 Å². The van der Waals surface area contributed by atoms with Crippen molar-refractivity contribution in [3.8, 4) is 5.75 Å². The molecule has 1 aromatic heterocycles. The minimum atomic E-state index is -3.78. The van der Waals surface area contributed by atoms with E-state index in [1.54, 1.807) is 6.07 Å². The molecule has 1 saturated heterocycles. The Kier molecular flexibility index (Phi) is 5.78. The largest absolute Gasteiger partial charge is 0.484 e. The van der Waals surface area contributed by atoms with E-state index in [2.05, 4.69) is 10.1 Å². The molecular formula is C20H19F2N3O4S. The lowest BCUT2D eigenvalue weighted by atomic mass is 10.2. The Morgan fingerprint density at radius 3 is 2.67 bits per heavy atom. The number of hydrogen-bond acceptors (Lipinski definition) is 6. The SMILES string of the molecule is O=S(=O)(Cc1ccccc1F)N1CCCC1c1noc(COc2ccc(F)cc2)n1. The highest BCUT2D eigenvalue weighted by atomic mass is 32.2. The molecule has 4 rings (SSSR count). The summed E-state index contributed by atoms with van der Waals surface area (Å²) in [5.41, 5.74) is 0.115. The van der Waals surface area contributed by atoms with Crippen molar-refractivity contribution in [1.29, 1.82) is 0 Å². The second kappa shape index (κ2) is 8.49. The number of ether oxygens (including phenoxy) is 1. The Labute approximate surface area is 172 Å². The third-order valence-electron chi connectivity index (χ3n) is 4.81. The molecule has 158 valence electrons.